The second kappa shape index (κ2) is 10.9. The van der Waals surface area contributed by atoms with Crippen LogP contribution in [0.3, 0.4) is 0 Å². The normalized spacial score (nSPS) is 18.7. The van der Waals surface area contributed by atoms with E-state index in [4.69, 9.17) is 14.2 Å². The number of epoxide rings is 1. The summed E-state index contributed by atoms with van der Waals surface area (Å²) in [5.41, 5.74) is 0.0822. The molecule has 3 unspecified atom stereocenters. The van der Waals surface area contributed by atoms with Crippen LogP contribution in [0, 0.1) is 0 Å². The highest BCUT2D eigenvalue weighted by Gasteiger charge is 2.50. The molecule has 1 heterocycles. The van der Waals surface area contributed by atoms with Gasteiger partial charge < -0.3 is 24.8 Å². The van der Waals surface area contributed by atoms with E-state index < -0.39 is 35.3 Å². The van der Waals surface area contributed by atoms with Crippen molar-refractivity contribution in [2.24, 2.45) is 0 Å². The van der Waals surface area contributed by atoms with E-state index in [0.717, 1.165) is 11.1 Å². The van der Waals surface area contributed by atoms with E-state index >= 15 is 0 Å². The van der Waals surface area contributed by atoms with Crippen LogP contribution < -0.4 is 15.4 Å². The van der Waals surface area contributed by atoms with Gasteiger partial charge in [0, 0.05) is 6.42 Å². The molecule has 0 aromatic heterocycles. The number of amides is 2. The Bertz CT molecular complexity index is 1030. The molecular formula is C27H34N2O6. The molecule has 0 aliphatic carbocycles. The Morgan fingerprint density at radius 2 is 1.51 bits per heavy atom. The molecule has 3 atom stereocenters. The number of methoxy groups -OCH3 is 1. The Kier molecular flexibility index (Phi) is 8.17. The molecule has 8 nitrogen and oxygen atoms in total. The fraction of sp³-hybridized carbons (Fsp3) is 0.444. The number of carbonyl (C=O) groups is 3. The van der Waals surface area contributed by atoms with Crippen LogP contribution in [0.5, 0.6) is 5.75 Å². The third-order valence-electron chi connectivity index (χ3n) is 5.62. The lowest BCUT2D eigenvalue weighted by Gasteiger charge is -2.26. The molecule has 1 aliphatic rings. The lowest BCUT2D eigenvalue weighted by molar-refractivity contribution is -0.131. The Labute approximate surface area is 206 Å². The first-order valence-corrected chi connectivity index (χ1v) is 11.6. The Morgan fingerprint density at radius 1 is 0.943 bits per heavy atom. The summed E-state index contributed by atoms with van der Waals surface area (Å²) in [4.78, 5) is 39.1. The van der Waals surface area contributed by atoms with Crippen molar-refractivity contribution in [2.45, 2.75) is 63.8 Å². The lowest BCUT2D eigenvalue weighted by Crippen LogP contribution is -2.55. The third kappa shape index (κ3) is 7.82. The SMILES string of the molecule is COc1ccc(CC(NC(=O)OC(C)(C)C)C(=O)NC(Cc2ccccc2)C(=O)C2(C)CO2)cc1. The van der Waals surface area contributed by atoms with E-state index in [2.05, 4.69) is 10.6 Å². The molecule has 35 heavy (non-hydrogen) atoms. The van der Waals surface area contributed by atoms with Crippen molar-refractivity contribution in [2.75, 3.05) is 13.7 Å². The predicted molar refractivity (Wildman–Crippen MR) is 131 cm³/mol. The number of Topliss-reactive ketones (excluding diaryl/α,β-unsaturated/α-hetero) is 1. The lowest BCUT2D eigenvalue weighted by atomic mass is 9.94. The molecule has 2 amide bonds. The molecule has 0 saturated carbocycles. The highest BCUT2D eigenvalue weighted by atomic mass is 16.6. The standard InChI is InChI=1S/C27H34N2O6/c1-26(2,3)35-25(32)29-22(16-19-11-13-20(33-5)14-12-19)24(31)28-21(23(30)27(4)17-34-27)15-18-9-7-6-8-10-18/h6-14,21-22H,15-17H2,1-5H3,(H,28,31)(H,29,32). The molecule has 2 aromatic rings. The van der Waals surface area contributed by atoms with Crippen molar-refractivity contribution in [1.82, 2.24) is 10.6 Å². The maximum Gasteiger partial charge on any atom is 0.408 e. The molecule has 3 rings (SSSR count). The van der Waals surface area contributed by atoms with Gasteiger partial charge in [-0.05, 0) is 57.4 Å². The van der Waals surface area contributed by atoms with Gasteiger partial charge in [-0.3, -0.25) is 9.59 Å². The molecule has 0 spiro atoms. The highest BCUT2D eigenvalue weighted by molar-refractivity contribution is 5.98. The summed E-state index contributed by atoms with van der Waals surface area (Å²) in [6.07, 6.45) is -0.198. The minimum Gasteiger partial charge on any atom is -0.497 e. The first-order valence-electron chi connectivity index (χ1n) is 11.6. The Morgan fingerprint density at radius 3 is 2.06 bits per heavy atom. The van der Waals surface area contributed by atoms with Crippen LogP contribution in [0.2, 0.25) is 0 Å². The smallest absolute Gasteiger partial charge is 0.408 e. The molecule has 8 heteroatoms. The van der Waals surface area contributed by atoms with Crippen molar-refractivity contribution in [1.29, 1.82) is 0 Å². The summed E-state index contributed by atoms with van der Waals surface area (Å²) < 4.78 is 15.9. The second-order valence-corrected chi connectivity index (χ2v) is 9.89. The summed E-state index contributed by atoms with van der Waals surface area (Å²) in [5, 5.41) is 5.53. The number of ether oxygens (including phenoxy) is 3. The zero-order chi connectivity index (χ0) is 25.6. The van der Waals surface area contributed by atoms with E-state index in [9.17, 15) is 14.4 Å². The average Bonchev–Trinajstić information content (AvgIpc) is 3.56. The Hall–Kier alpha value is -3.39. The van der Waals surface area contributed by atoms with E-state index in [1.165, 1.54) is 0 Å². The van der Waals surface area contributed by atoms with Gasteiger partial charge >= 0.3 is 6.09 Å². The number of hydrogen-bond donors (Lipinski definition) is 2. The summed E-state index contributed by atoms with van der Waals surface area (Å²) in [6.45, 7) is 7.27. The van der Waals surface area contributed by atoms with Crippen LogP contribution in [0.4, 0.5) is 4.79 Å². The van der Waals surface area contributed by atoms with Gasteiger partial charge in [-0.2, -0.15) is 0 Å². The van der Waals surface area contributed by atoms with Crippen LogP contribution >= 0.6 is 0 Å². The van der Waals surface area contributed by atoms with Gasteiger partial charge in [-0.25, -0.2) is 4.79 Å². The fourth-order valence-electron chi connectivity index (χ4n) is 3.61. The first kappa shape index (κ1) is 26.2. The number of alkyl carbamates (subject to hydrolysis) is 1. The van der Waals surface area contributed by atoms with Crippen molar-refractivity contribution in [3.05, 3.63) is 65.7 Å². The number of carbonyl (C=O) groups excluding carboxylic acids is 3. The molecule has 2 N–H and O–H groups in total. The van der Waals surface area contributed by atoms with Crippen molar-refractivity contribution in [3.63, 3.8) is 0 Å². The number of rotatable bonds is 10. The van der Waals surface area contributed by atoms with Gasteiger partial charge in [0.2, 0.25) is 5.91 Å². The van der Waals surface area contributed by atoms with Gasteiger partial charge in [-0.1, -0.05) is 42.5 Å². The average molecular weight is 483 g/mol. The van der Waals surface area contributed by atoms with Gasteiger partial charge in [0.1, 0.15) is 23.0 Å². The molecule has 0 bridgehead atoms. The van der Waals surface area contributed by atoms with Crippen molar-refractivity contribution >= 4 is 17.8 Å². The predicted octanol–water partition coefficient (Wildman–Crippen LogP) is 3.22. The zero-order valence-electron chi connectivity index (χ0n) is 20.9. The van der Waals surface area contributed by atoms with E-state index in [1.54, 1.807) is 46.9 Å². The zero-order valence-corrected chi connectivity index (χ0v) is 20.9. The molecule has 188 valence electrons. The number of benzene rings is 2. The maximum absolute atomic E-state index is 13.4. The highest BCUT2D eigenvalue weighted by Crippen LogP contribution is 2.29. The van der Waals surface area contributed by atoms with Crippen molar-refractivity contribution in [3.8, 4) is 5.75 Å². The Balaban J connectivity index is 1.80. The first-order chi connectivity index (χ1) is 16.5. The summed E-state index contributed by atoms with van der Waals surface area (Å²) in [7, 11) is 1.57. The van der Waals surface area contributed by atoms with E-state index in [-0.39, 0.29) is 12.2 Å². The fourth-order valence-corrected chi connectivity index (χ4v) is 3.61. The molecule has 1 saturated heterocycles. The minimum atomic E-state index is -0.961. The molecule has 0 radical (unpaired) electrons. The molecule has 2 aromatic carbocycles. The minimum absolute atomic E-state index is 0.199. The van der Waals surface area contributed by atoms with E-state index in [1.807, 2.05) is 42.5 Å². The summed E-state index contributed by atoms with van der Waals surface area (Å²) in [6, 6.07) is 14.9. The molecule has 1 fully saturated rings. The second-order valence-electron chi connectivity index (χ2n) is 9.89. The van der Waals surface area contributed by atoms with Crippen LogP contribution in [0.1, 0.15) is 38.8 Å². The van der Waals surface area contributed by atoms with Crippen LogP contribution in [-0.4, -0.2) is 54.8 Å². The number of nitrogens with one attached hydrogen (secondary N) is 2. The van der Waals surface area contributed by atoms with Gasteiger partial charge in [0.05, 0.1) is 19.8 Å². The molecule has 1 aliphatic heterocycles. The van der Waals surface area contributed by atoms with Gasteiger partial charge in [0.15, 0.2) is 5.78 Å². The van der Waals surface area contributed by atoms with Crippen LogP contribution in [0.25, 0.3) is 0 Å². The number of hydrogen-bond acceptors (Lipinski definition) is 6. The number of ketones is 1. The van der Waals surface area contributed by atoms with Crippen molar-refractivity contribution < 1.29 is 28.6 Å². The van der Waals surface area contributed by atoms with Crippen LogP contribution in [-0.2, 0) is 31.9 Å². The third-order valence-corrected chi connectivity index (χ3v) is 5.62. The maximum atomic E-state index is 13.4. The van der Waals surface area contributed by atoms with Gasteiger partial charge in [-0.15, -0.1) is 0 Å². The largest absolute Gasteiger partial charge is 0.497 e. The van der Waals surface area contributed by atoms with Crippen LogP contribution in [0.15, 0.2) is 54.6 Å². The summed E-state index contributed by atoms with van der Waals surface area (Å²) in [5.74, 6) is 0.00132. The monoisotopic (exact) mass is 482 g/mol. The quantitative estimate of drug-likeness (QED) is 0.504. The summed E-state index contributed by atoms with van der Waals surface area (Å²) >= 11 is 0. The van der Waals surface area contributed by atoms with Gasteiger partial charge in [0.25, 0.3) is 0 Å². The van der Waals surface area contributed by atoms with E-state index in [0.29, 0.717) is 18.8 Å². The molecular weight excluding hydrogens is 448 g/mol. The topological polar surface area (TPSA) is 106 Å².